The molecule has 0 saturated heterocycles. The first-order valence-electron chi connectivity index (χ1n) is 5.84. The molecule has 0 fully saturated rings. The van der Waals surface area contributed by atoms with Gasteiger partial charge in [0, 0.05) is 11.1 Å². The Labute approximate surface area is 111 Å². The first-order chi connectivity index (χ1) is 9.16. The third-order valence-corrected chi connectivity index (χ3v) is 2.68. The molecule has 0 bridgehead atoms. The fraction of sp³-hybridized carbons (Fsp3) is 0. The Morgan fingerprint density at radius 2 is 1.42 bits per heavy atom. The molecule has 2 aromatic carbocycles. The van der Waals surface area contributed by atoms with Crippen LogP contribution in [0.2, 0.25) is 0 Å². The Morgan fingerprint density at radius 1 is 0.842 bits per heavy atom. The van der Waals surface area contributed by atoms with Gasteiger partial charge in [0.1, 0.15) is 0 Å². The van der Waals surface area contributed by atoms with Crippen LogP contribution in [0.3, 0.4) is 0 Å². The first kappa shape index (κ1) is 12.8. The van der Waals surface area contributed by atoms with Crippen molar-refractivity contribution in [3.05, 3.63) is 77.4 Å². The van der Waals surface area contributed by atoms with E-state index >= 15 is 0 Å². The molecule has 3 heteroatoms. The van der Waals surface area contributed by atoms with Gasteiger partial charge in [-0.2, -0.15) is 0 Å². The maximum atomic E-state index is 11.9. The minimum absolute atomic E-state index is 0.111. The van der Waals surface area contributed by atoms with Gasteiger partial charge < -0.3 is 5.73 Å². The maximum Gasteiger partial charge on any atom is 0.248 e. The maximum absolute atomic E-state index is 11.9. The molecule has 0 aliphatic heterocycles. The fourth-order valence-electron chi connectivity index (χ4n) is 1.63. The van der Waals surface area contributed by atoms with Gasteiger partial charge in [0.05, 0.1) is 0 Å². The van der Waals surface area contributed by atoms with Gasteiger partial charge in [-0.3, -0.25) is 9.59 Å². The Balaban J connectivity index is 2.12. The van der Waals surface area contributed by atoms with Crippen molar-refractivity contribution in [1.29, 1.82) is 0 Å². The lowest BCUT2D eigenvalue weighted by molar-refractivity contribution is 0.0997. The van der Waals surface area contributed by atoms with Crippen molar-refractivity contribution < 1.29 is 9.59 Å². The second kappa shape index (κ2) is 5.78. The van der Waals surface area contributed by atoms with E-state index in [0.717, 1.165) is 5.56 Å². The average Bonchev–Trinajstić information content (AvgIpc) is 2.46. The largest absolute Gasteiger partial charge is 0.366 e. The monoisotopic (exact) mass is 251 g/mol. The Kier molecular flexibility index (Phi) is 3.88. The zero-order valence-electron chi connectivity index (χ0n) is 10.2. The number of ketones is 1. The van der Waals surface area contributed by atoms with Gasteiger partial charge >= 0.3 is 0 Å². The van der Waals surface area contributed by atoms with E-state index in [0.29, 0.717) is 11.1 Å². The van der Waals surface area contributed by atoms with Crippen molar-refractivity contribution in [3.63, 3.8) is 0 Å². The number of hydrogen-bond acceptors (Lipinski definition) is 2. The highest BCUT2D eigenvalue weighted by Crippen LogP contribution is 2.07. The van der Waals surface area contributed by atoms with E-state index in [-0.39, 0.29) is 5.78 Å². The van der Waals surface area contributed by atoms with E-state index in [1.54, 1.807) is 30.3 Å². The lowest BCUT2D eigenvalue weighted by atomic mass is 10.1. The molecule has 0 aliphatic carbocycles. The van der Waals surface area contributed by atoms with Crippen molar-refractivity contribution >= 4 is 17.8 Å². The van der Waals surface area contributed by atoms with Gasteiger partial charge in [-0.15, -0.1) is 0 Å². The number of rotatable bonds is 4. The molecule has 2 aromatic rings. The van der Waals surface area contributed by atoms with E-state index in [4.69, 9.17) is 5.73 Å². The minimum Gasteiger partial charge on any atom is -0.366 e. The number of carbonyl (C=O) groups is 2. The van der Waals surface area contributed by atoms with Crippen LogP contribution in [0.4, 0.5) is 0 Å². The third-order valence-electron chi connectivity index (χ3n) is 2.68. The van der Waals surface area contributed by atoms with Gasteiger partial charge in [-0.1, -0.05) is 48.5 Å². The summed E-state index contributed by atoms with van der Waals surface area (Å²) >= 11 is 0. The van der Waals surface area contributed by atoms with E-state index < -0.39 is 5.91 Å². The first-order valence-corrected chi connectivity index (χ1v) is 5.84. The Bertz CT molecular complexity index is 613. The van der Waals surface area contributed by atoms with E-state index in [2.05, 4.69) is 0 Å². The summed E-state index contributed by atoms with van der Waals surface area (Å²) in [6, 6.07) is 15.9. The normalized spacial score (nSPS) is 10.5. The molecule has 0 spiro atoms. The van der Waals surface area contributed by atoms with Crippen molar-refractivity contribution in [2.75, 3.05) is 0 Å². The number of primary amides is 1. The predicted octanol–water partition coefficient (Wildman–Crippen LogP) is 2.68. The predicted molar refractivity (Wildman–Crippen MR) is 74.8 cm³/mol. The summed E-state index contributed by atoms with van der Waals surface area (Å²) in [5, 5.41) is 0. The molecule has 3 nitrogen and oxygen atoms in total. The summed E-state index contributed by atoms with van der Waals surface area (Å²) in [6.07, 6.45) is 3.26. The minimum atomic E-state index is -0.501. The molecule has 0 radical (unpaired) electrons. The van der Waals surface area contributed by atoms with Gasteiger partial charge in [0.15, 0.2) is 5.78 Å². The van der Waals surface area contributed by atoms with Crippen LogP contribution in [-0.2, 0) is 0 Å². The number of nitrogens with two attached hydrogens (primary N) is 1. The molecule has 2 rings (SSSR count). The van der Waals surface area contributed by atoms with Crippen LogP contribution < -0.4 is 5.73 Å². The zero-order chi connectivity index (χ0) is 13.7. The quantitative estimate of drug-likeness (QED) is 0.670. The number of allylic oxidation sites excluding steroid dienone is 1. The Hall–Kier alpha value is -2.68. The van der Waals surface area contributed by atoms with Crippen LogP contribution >= 0.6 is 0 Å². The highest BCUT2D eigenvalue weighted by Gasteiger charge is 2.04. The van der Waals surface area contributed by atoms with Crippen LogP contribution in [0, 0.1) is 0 Å². The number of carbonyl (C=O) groups excluding carboxylic acids is 2. The molecule has 0 unspecified atom stereocenters. The van der Waals surface area contributed by atoms with Crippen molar-refractivity contribution in [2.45, 2.75) is 0 Å². The molecule has 0 aliphatic rings. The molecule has 94 valence electrons. The smallest absolute Gasteiger partial charge is 0.248 e. The van der Waals surface area contributed by atoms with Gasteiger partial charge in [0.2, 0.25) is 5.91 Å². The molecule has 1 amide bonds. The van der Waals surface area contributed by atoms with Crippen LogP contribution in [0.1, 0.15) is 26.3 Å². The van der Waals surface area contributed by atoms with Gasteiger partial charge in [-0.05, 0) is 23.8 Å². The SMILES string of the molecule is NC(=O)c1ccc(C(=O)/C=C/c2ccccc2)cc1. The zero-order valence-corrected chi connectivity index (χ0v) is 10.2. The molecule has 19 heavy (non-hydrogen) atoms. The molecular weight excluding hydrogens is 238 g/mol. The average molecular weight is 251 g/mol. The van der Waals surface area contributed by atoms with Gasteiger partial charge in [0.25, 0.3) is 0 Å². The van der Waals surface area contributed by atoms with Crippen LogP contribution in [0.25, 0.3) is 6.08 Å². The summed E-state index contributed by atoms with van der Waals surface area (Å²) in [4.78, 5) is 22.8. The molecular formula is C16H13NO2. The second-order valence-corrected chi connectivity index (χ2v) is 4.05. The molecule has 2 N–H and O–H groups in total. The topological polar surface area (TPSA) is 60.2 Å². The van der Waals surface area contributed by atoms with E-state index in [1.165, 1.54) is 6.08 Å². The highest BCUT2D eigenvalue weighted by molar-refractivity contribution is 6.07. The fourth-order valence-corrected chi connectivity index (χ4v) is 1.63. The van der Waals surface area contributed by atoms with Crippen molar-refractivity contribution in [2.24, 2.45) is 5.73 Å². The number of hydrogen-bond donors (Lipinski definition) is 1. The number of amides is 1. The van der Waals surface area contributed by atoms with Crippen molar-refractivity contribution in [1.82, 2.24) is 0 Å². The lowest BCUT2D eigenvalue weighted by Crippen LogP contribution is -2.10. The van der Waals surface area contributed by atoms with E-state index in [1.807, 2.05) is 30.3 Å². The van der Waals surface area contributed by atoms with Crippen molar-refractivity contribution in [3.8, 4) is 0 Å². The summed E-state index contributed by atoms with van der Waals surface area (Å²) in [5.74, 6) is -0.612. The summed E-state index contributed by atoms with van der Waals surface area (Å²) in [6.45, 7) is 0. The van der Waals surface area contributed by atoms with Crippen LogP contribution in [0.5, 0.6) is 0 Å². The van der Waals surface area contributed by atoms with Gasteiger partial charge in [-0.25, -0.2) is 0 Å². The highest BCUT2D eigenvalue weighted by atomic mass is 16.1. The van der Waals surface area contributed by atoms with Crippen LogP contribution in [0.15, 0.2) is 60.7 Å². The summed E-state index contributed by atoms with van der Waals surface area (Å²) in [5.41, 5.74) is 7.02. The van der Waals surface area contributed by atoms with E-state index in [9.17, 15) is 9.59 Å². The standard InChI is InChI=1S/C16H13NO2/c17-16(19)14-9-7-13(8-10-14)15(18)11-6-12-4-2-1-3-5-12/h1-11H,(H2,17,19)/b11-6+. The lowest BCUT2D eigenvalue weighted by Gasteiger charge is -1.98. The number of benzene rings is 2. The second-order valence-electron chi connectivity index (χ2n) is 4.05. The Morgan fingerprint density at radius 3 is 2.00 bits per heavy atom. The van der Waals surface area contributed by atoms with Crippen LogP contribution in [-0.4, -0.2) is 11.7 Å². The molecule has 0 atom stereocenters. The molecule has 0 saturated carbocycles. The molecule has 0 aromatic heterocycles. The summed E-state index contributed by atoms with van der Waals surface area (Å²) < 4.78 is 0. The molecule has 0 heterocycles. The summed E-state index contributed by atoms with van der Waals surface area (Å²) in [7, 11) is 0. The third kappa shape index (κ3) is 3.39.